The molecular weight excluding hydrogens is 308 g/mol. The molecule has 1 heterocycles. The first kappa shape index (κ1) is 15.8. The van der Waals surface area contributed by atoms with E-state index in [1.165, 1.54) is 11.3 Å². The molecule has 0 saturated carbocycles. The van der Waals surface area contributed by atoms with E-state index < -0.39 is 0 Å². The van der Waals surface area contributed by atoms with Gasteiger partial charge in [0, 0.05) is 23.4 Å². The van der Waals surface area contributed by atoms with Crippen LogP contribution in [-0.2, 0) is 22.5 Å². The molecule has 21 heavy (non-hydrogen) atoms. The summed E-state index contributed by atoms with van der Waals surface area (Å²) in [7, 11) is 0. The molecule has 2 rings (SSSR count). The minimum Gasteiger partial charge on any atom is -0.466 e. The molecule has 0 radical (unpaired) electrons. The van der Waals surface area contributed by atoms with Crippen molar-refractivity contribution in [1.29, 1.82) is 0 Å². The molecule has 0 saturated heterocycles. The van der Waals surface area contributed by atoms with Crippen LogP contribution in [-0.4, -0.2) is 17.6 Å². The van der Waals surface area contributed by atoms with E-state index in [0.717, 1.165) is 21.4 Å². The highest BCUT2D eigenvalue weighted by Gasteiger charge is 2.06. The van der Waals surface area contributed by atoms with Crippen LogP contribution in [0.1, 0.15) is 24.6 Å². The third-order valence-corrected chi connectivity index (χ3v) is 3.90. The second-order valence-electron chi connectivity index (χ2n) is 4.43. The van der Waals surface area contributed by atoms with Crippen molar-refractivity contribution < 1.29 is 9.53 Å². The van der Waals surface area contributed by atoms with Gasteiger partial charge >= 0.3 is 5.97 Å². The Morgan fingerprint density at radius 1 is 1.38 bits per heavy atom. The summed E-state index contributed by atoms with van der Waals surface area (Å²) in [6, 6.07) is 7.69. The normalized spacial score (nSPS) is 10.4. The lowest BCUT2D eigenvalue weighted by Gasteiger charge is -2.03. The maximum Gasteiger partial charge on any atom is 0.306 e. The molecule has 0 aliphatic heterocycles. The topological polar surface area (TPSA) is 51.2 Å². The molecule has 4 nitrogen and oxygen atoms in total. The fourth-order valence-electron chi connectivity index (χ4n) is 1.75. The molecule has 0 spiro atoms. The summed E-state index contributed by atoms with van der Waals surface area (Å²) < 4.78 is 4.90. The number of rotatable bonds is 7. The average molecular weight is 325 g/mol. The molecule has 6 heteroatoms. The highest BCUT2D eigenvalue weighted by molar-refractivity contribution is 7.13. The molecule has 0 fully saturated rings. The number of esters is 1. The summed E-state index contributed by atoms with van der Waals surface area (Å²) in [6.07, 6.45) is 0.978. The summed E-state index contributed by atoms with van der Waals surface area (Å²) in [5.41, 5.74) is 2.05. The number of halogens is 1. The second kappa shape index (κ2) is 8.00. The molecule has 0 aliphatic rings. The molecule has 0 amide bonds. The maximum atomic E-state index is 11.3. The number of benzene rings is 1. The number of hydrogen-bond acceptors (Lipinski definition) is 5. The molecule has 2 aromatic rings. The number of nitrogens with zero attached hydrogens (tertiary/aromatic N) is 1. The van der Waals surface area contributed by atoms with Crippen molar-refractivity contribution >= 4 is 34.0 Å². The molecule has 0 aliphatic carbocycles. The number of carbonyl (C=O) groups excluding carboxylic acids is 1. The smallest absolute Gasteiger partial charge is 0.306 e. The number of carbonyl (C=O) groups is 1. The summed E-state index contributed by atoms with van der Waals surface area (Å²) >= 11 is 7.38. The van der Waals surface area contributed by atoms with Crippen molar-refractivity contribution in [3.05, 3.63) is 45.9 Å². The van der Waals surface area contributed by atoms with Crippen LogP contribution in [0.4, 0.5) is 5.13 Å². The summed E-state index contributed by atoms with van der Waals surface area (Å²) in [6.45, 7) is 2.92. The number of aromatic nitrogens is 1. The monoisotopic (exact) mass is 324 g/mol. The Balaban J connectivity index is 1.80. The molecule has 112 valence electrons. The quantitative estimate of drug-likeness (QED) is 0.785. The average Bonchev–Trinajstić information content (AvgIpc) is 2.93. The maximum absolute atomic E-state index is 11.3. The lowest BCUT2D eigenvalue weighted by molar-refractivity contribution is -0.143. The van der Waals surface area contributed by atoms with Gasteiger partial charge in [0.05, 0.1) is 18.7 Å². The fraction of sp³-hybridized carbons (Fsp3) is 0.333. The number of anilines is 1. The Hall–Kier alpha value is -1.59. The van der Waals surface area contributed by atoms with Crippen LogP contribution in [0.5, 0.6) is 0 Å². The van der Waals surface area contributed by atoms with Crippen molar-refractivity contribution in [2.75, 3.05) is 11.9 Å². The highest BCUT2D eigenvalue weighted by atomic mass is 35.5. The third kappa shape index (κ3) is 5.36. The summed E-state index contributed by atoms with van der Waals surface area (Å²) in [4.78, 5) is 15.7. The molecule has 1 N–H and O–H groups in total. The first-order valence-corrected chi connectivity index (χ1v) is 8.01. The molecule has 1 aromatic carbocycles. The number of ether oxygens (including phenoxy) is 1. The van der Waals surface area contributed by atoms with Crippen molar-refractivity contribution in [3.63, 3.8) is 0 Å². The Bertz CT molecular complexity index is 584. The molecule has 0 bridgehead atoms. The van der Waals surface area contributed by atoms with Gasteiger partial charge in [-0.1, -0.05) is 23.7 Å². The van der Waals surface area contributed by atoms with Gasteiger partial charge in [-0.15, -0.1) is 11.3 Å². The lowest BCUT2D eigenvalue weighted by atomic mass is 10.2. The van der Waals surface area contributed by atoms with Crippen LogP contribution in [0, 0.1) is 0 Å². The molecule has 0 atom stereocenters. The zero-order valence-electron chi connectivity index (χ0n) is 11.8. The lowest BCUT2D eigenvalue weighted by Crippen LogP contribution is -2.05. The van der Waals surface area contributed by atoms with Crippen LogP contribution in [0.25, 0.3) is 0 Å². The van der Waals surface area contributed by atoms with E-state index in [2.05, 4.69) is 10.3 Å². The van der Waals surface area contributed by atoms with Gasteiger partial charge in [0.1, 0.15) is 0 Å². The van der Waals surface area contributed by atoms with E-state index in [4.69, 9.17) is 16.3 Å². The van der Waals surface area contributed by atoms with Gasteiger partial charge in [-0.3, -0.25) is 4.79 Å². The number of thiazole rings is 1. The van der Waals surface area contributed by atoms with Gasteiger partial charge in [-0.05, 0) is 24.6 Å². The zero-order valence-corrected chi connectivity index (χ0v) is 13.3. The van der Waals surface area contributed by atoms with Crippen molar-refractivity contribution in [3.8, 4) is 0 Å². The van der Waals surface area contributed by atoms with Crippen LogP contribution >= 0.6 is 22.9 Å². The number of hydrogen-bond donors (Lipinski definition) is 1. The Labute approximate surface area is 133 Å². The zero-order chi connectivity index (χ0) is 15.1. The van der Waals surface area contributed by atoms with Gasteiger partial charge in [0.25, 0.3) is 0 Å². The second-order valence-corrected chi connectivity index (χ2v) is 5.72. The summed E-state index contributed by atoms with van der Waals surface area (Å²) in [5.74, 6) is -0.179. The predicted molar refractivity (Wildman–Crippen MR) is 85.8 cm³/mol. The van der Waals surface area contributed by atoms with Gasteiger partial charge in [-0.25, -0.2) is 4.98 Å². The SMILES string of the molecule is CCOC(=O)CCc1csc(NCc2ccc(Cl)cc2)n1. The van der Waals surface area contributed by atoms with Crippen LogP contribution in [0.3, 0.4) is 0 Å². The van der Waals surface area contributed by atoms with E-state index in [9.17, 15) is 4.79 Å². The molecule has 0 unspecified atom stereocenters. The van der Waals surface area contributed by atoms with Crippen molar-refractivity contribution in [2.45, 2.75) is 26.3 Å². The summed E-state index contributed by atoms with van der Waals surface area (Å²) in [5, 5.41) is 6.81. The number of aryl methyl sites for hydroxylation is 1. The Morgan fingerprint density at radius 2 is 2.14 bits per heavy atom. The first-order valence-electron chi connectivity index (χ1n) is 6.75. The van der Waals surface area contributed by atoms with Gasteiger partial charge in [0.2, 0.25) is 0 Å². The van der Waals surface area contributed by atoms with E-state index >= 15 is 0 Å². The predicted octanol–water partition coefficient (Wildman–Crippen LogP) is 3.90. The van der Waals surface area contributed by atoms with Crippen LogP contribution < -0.4 is 5.32 Å². The minimum absolute atomic E-state index is 0.179. The van der Waals surface area contributed by atoms with E-state index in [1.54, 1.807) is 6.92 Å². The van der Waals surface area contributed by atoms with E-state index in [0.29, 0.717) is 26.0 Å². The standard InChI is InChI=1S/C15H17ClN2O2S/c1-2-20-14(19)8-7-13-10-21-15(18-13)17-9-11-3-5-12(16)6-4-11/h3-6,10H,2,7-9H2,1H3,(H,17,18). The highest BCUT2D eigenvalue weighted by Crippen LogP contribution is 2.18. The third-order valence-electron chi connectivity index (χ3n) is 2.80. The number of nitrogens with one attached hydrogen (secondary N) is 1. The molecular formula is C15H17ClN2O2S. The van der Waals surface area contributed by atoms with Crippen LogP contribution in [0.2, 0.25) is 5.02 Å². The fourth-order valence-corrected chi connectivity index (χ4v) is 2.62. The van der Waals surface area contributed by atoms with Gasteiger partial charge in [-0.2, -0.15) is 0 Å². The Kier molecular flexibility index (Phi) is 6.02. The van der Waals surface area contributed by atoms with Gasteiger partial charge < -0.3 is 10.1 Å². The van der Waals surface area contributed by atoms with Crippen LogP contribution in [0.15, 0.2) is 29.6 Å². The Morgan fingerprint density at radius 3 is 2.86 bits per heavy atom. The largest absolute Gasteiger partial charge is 0.466 e. The van der Waals surface area contributed by atoms with E-state index in [1.807, 2.05) is 29.6 Å². The first-order chi connectivity index (χ1) is 10.2. The van der Waals surface area contributed by atoms with Crippen molar-refractivity contribution in [1.82, 2.24) is 4.98 Å². The van der Waals surface area contributed by atoms with Gasteiger partial charge in [0.15, 0.2) is 5.13 Å². The minimum atomic E-state index is -0.179. The molecule has 1 aromatic heterocycles. The van der Waals surface area contributed by atoms with E-state index in [-0.39, 0.29) is 5.97 Å². The van der Waals surface area contributed by atoms with Crippen molar-refractivity contribution in [2.24, 2.45) is 0 Å².